The van der Waals surface area contributed by atoms with E-state index in [1.165, 1.54) is 5.56 Å². The van der Waals surface area contributed by atoms with Gasteiger partial charge < -0.3 is 15.0 Å². The minimum Gasteiger partial charge on any atom is -0.495 e. The lowest BCUT2D eigenvalue weighted by Gasteiger charge is -2.29. The number of benzene rings is 2. The second-order valence-electron chi connectivity index (χ2n) is 6.76. The van der Waals surface area contributed by atoms with Crippen LogP contribution in [-0.4, -0.2) is 24.0 Å². The largest absolute Gasteiger partial charge is 0.495 e. The molecule has 5 nitrogen and oxygen atoms in total. The summed E-state index contributed by atoms with van der Waals surface area (Å²) in [5, 5.41) is 2.88. The first-order valence-electron chi connectivity index (χ1n) is 9.29. The van der Waals surface area contributed by atoms with Gasteiger partial charge in [0, 0.05) is 24.5 Å². The van der Waals surface area contributed by atoms with Crippen LogP contribution in [0.5, 0.6) is 5.75 Å². The first-order valence-corrected chi connectivity index (χ1v) is 9.29. The van der Waals surface area contributed by atoms with E-state index < -0.39 is 0 Å². The van der Waals surface area contributed by atoms with Crippen LogP contribution in [0.25, 0.3) is 0 Å². The zero-order chi connectivity index (χ0) is 19.9. The van der Waals surface area contributed by atoms with Gasteiger partial charge in [-0.05, 0) is 43.7 Å². The Morgan fingerprint density at radius 3 is 2.50 bits per heavy atom. The average Bonchev–Trinajstić information content (AvgIpc) is 2.73. The summed E-state index contributed by atoms with van der Waals surface area (Å²) in [4.78, 5) is 19.2. The van der Waals surface area contributed by atoms with Crippen molar-refractivity contribution in [1.29, 1.82) is 0 Å². The van der Waals surface area contributed by atoms with E-state index in [2.05, 4.69) is 41.2 Å². The van der Waals surface area contributed by atoms with Crippen molar-refractivity contribution >= 4 is 17.3 Å². The molecule has 0 atom stereocenters. The molecule has 3 aromatic rings. The average molecular weight is 375 g/mol. The summed E-state index contributed by atoms with van der Waals surface area (Å²) in [6.45, 7) is 5.03. The third-order valence-corrected chi connectivity index (χ3v) is 4.48. The molecule has 5 heteroatoms. The molecule has 0 bridgehead atoms. The predicted molar refractivity (Wildman–Crippen MR) is 113 cm³/mol. The highest BCUT2D eigenvalue weighted by Gasteiger charge is 2.16. The van der Waals surface area contributed by atoms with Crippen molar-refractivity contribution in [2.24, 2.45) is 0 Å². The minimum absolute atomic E-state index is 0.269. The maximum Gasteiger partial charge on any atom is 0.274 e. The SMILES string of the molecule is COc1ccccc1NC(=O)c1cc(N(Cc2ccccc2)C(C)C)ccn1. The Balaban J connectivity index is 1.82. The fraction of sp³-hybridized carbons (Fsp3) is 0.217. The van der Waals surface area contributed by atoms with Crippen molar-refractivity contribution in [3.8, 4) is 5.75 Å². The van der Waals surface area contributed by atoms with Crippen LogP contribution in [0.2, 0.25) is 0 Å². The number of aromatic nitrogens is 1. The Morgan fingerprint density at radius 1 is 1.07 bits per heavy atom. The van der Waals surface area contributed by atoms with E-state index in [4.69, 9.17) is 4.74 Å². The van der Waals surface area contributed by atoms with Gasteiger partial charge in [0.15, 0.2) is 0 Å². The van der Waals surface area contributed by atoms with Crippen LogP contribution in [0.15, 0.2) is 72.9 Å². The summed E-state index contributed by atoms with van der Waals surface area (Å²) in [7, 11) is 1.58. The van der Waals surface area contributed by atoms with Crippen LogP contribution < -0.4 is 15.0 Å². The second-order valence-corrected chi connectivity index (χ2v) is 6.76. The number of pyridine rings is 1. The van der Waals surface area contributed by atoms with E-state index in [1.54, 1.807) is 25.4 Å². The number of carbonyl (C=O) groups excluding carboxylic acids is 1. The van der Waals surface area contributed by atoms with Crippen molar-refractivity contribution in [3.63, 3.8) is 0 Å². The molecule has 1 aromatic heterocycles. The summed E-state index contributed by atoms with van der Waals surface area (Å²) in [6.07, 6.45) is 1.67. The molecule has 0 radical (unpaired) electrons. The summed E-state index contributed by atoms with van der Waals surface area (Å²) in [5.41, 5.74) is 3.15. The molecule has 0 aliphatic carbocycles. The highest BCUT2D eigenvalue weighted by atomic mass is 16.5. The lowest BCUT2D eigenvalue weighted by molar-refractivity contribution is 0.102. The number of amides is 1. The lowest BCUT2D eigenvalue weighted by Crippen LogP contribution is -2.30. The van der Waals surface area contributed by atoms with E-state index in [1.807, 2.05) is 42.5 Å². The highest BCUT2D eigenvalue weighted by molar-refractivity contribution is 6.04. The minimum atomic E-state index is -0.269. The van der Waals surface area contributed by atoms with E-state index in [0.717, 1.165) is 12.2 Å². The molecule has 1 heterocycles. The van der Waals surface area contributed by atoms with Crippen molar-refractivity contribution < 1.29 is 9.53 Å². The quantitative estimate of drug-likeness (QED) is 0.647. The number of para-hydroxylation sites is 2. The molecule has 2 aromatic carbocycles. The zero-order valence-corrected chi connectivity index (χ0v) is 16.4. The number of anilines is 2. The molecule has 0 fully saturated rings. The molecule has 144 valence electrons. The monoisotopic (exact) mass is 375 g/mol. The van der Waals surface area contributed by atoms with E-state index in [9.17, 15) is 4.79 Å². The van der Waals surface area contributed by atoms with Gasteiger partial charge in [0.05, 0.1) is 12.8 Å². The molecule has 1 N–H and O–H groups in total. The Morgan fingerprint density at radius 2 is 1.79 bits per heavy atom. The summed E-state index contributed by atoms with van der Waals surface area (Å²) in [5.74, 6) is 0.342. The molecule has 0 spiro atoms. The molecule has 3 rings (SSSR count). The molecular formula is C23H25N3O2. The highest BCUT2D eigenvalue weighted by Crippen LogP contribution is 2.25. The van der Waals surface area contributed by atoms with Gasteiger partial charge in [-0.25, -0.2) is 0 Å². The molecule has 0 unspecified atom stereocenters. The second kappa shape index (κ2) is 9.04. The number of hydrogen-bond acceptors (Lipinski definition) is 4. The molecular weight excluding hydrogens is 350 g/mol. The van der Waals surface area contributed by atoms with Crippen LogP contribution in [0, 0.1) is 0 Å². The van der Waals surface area contributed by atoms with Gasteiger partial charge >= 0.3 is 0 Å². The fourth-order valence-corrected chi connectivity index (χ4v) is 3.01. The van der Waals surface area contributed by atoms with Gasteiger partial charge in [-0.1, -0.05) is 42.5 Å². The molecule has 0 saturated carbocycles. The van der Waals surface area contributed by atoms with Gasteiger partial charge in [-0.3, -0.25) is 9.78 Å². The number of methoxy groups -OCH3 is 1. The number of nitrogens with zero attached hydrogens (tertiary/aromatic N) is 2. The van der Waals surface area contributed by atoms with E-state index in [-0.39, 0.29) is 11.9 Å². The maximum absolute atomic E-state index is 12.7. The van der Waals surface area contributed by atoms with Gasteiger partial charge in [0.25, 0.3) is 5.91 Å². The van der Waals surface area contributed by atoms with E-state index >= 15 is 0 Å². The Hall–Kier alpha value is -3.34. The van der Waals surface area contributed by atoms with Gasteiger partial charge in [-0.2, -0.15) is 0 Å². The Labute approximate surface area is 166 Å². The molecule has 0 saturated heterocycles. The summed E-state index contributed by atoms with van der Waals surface area (Å²) >= 11 is 0. The van der Waals surface area contributed by atoms with Gasteiger partial charge in [0.2, 0.25) is 0 Å². The fourth-order valence-electron chi connectivity index (χ4n) is 3.01. The van der Waals surface area contributed by atoms with Crippen molar-refractivity contribution in [3.05, 3.63) is 84.2 Å². The third-order valence-electron chi connectivity index (χ3n) is 4.48. The summed E-state index contributed by atoms with van der Waals surface area (Å²) < 4.78 is 5.30. The van der Waals surface area contributed by atoms with Crippen molar-refractivity contribution in [2.45, 2.75) is 26.4 Å². The number of carbonyl (C=O) groups is 1. The third kappa shape index (κ3) is 4.68. The Bertz CT molecular complexity index is 926. The van der Waals surface area contributed by atoms with Crippen LogP contribution in [0.3, 0.4) is 0 Å². The Kier molecular flexibility index (Phi) is 6.27. The first-order chi connectivity index (χ1) is 13.6. The molecule has 0 aliphatic heterocycles. The van der Waals surface area contributed by atoms with Crippen molar-refractivity contribution in [1.82, 2.24) is 4.98 Å². The van der Waals surface area contributed by atoms with Crippen molar-refractivity contribution in [2.75, 3.05) is 17.3 Å². The number of rotatable bonds is 7. The lowest BCUT2D eigenvalue weighted by atomic mass is 10.1. The number of ether oxygens (including phenoxy) is 1. The predicted octanol–water partition coefficient (Wildman–Crippen LogP) is 4.76. The smallest absolute Gasteiger partial charge is 0.274 e. The molecule has 0 aliphatic rings. The normalized spacial score (nSPS) is 10.6. The van der Waals surface area contributed by atoms with Crippen LogP contribution in [-0.2, 0) is 6.54 Å². The van der Waals surface area contributed by atoms with E-state index in [0.29, 0.717) is 17.1 Å². The van der Waals surface area contributed by atoms with Crippen LogP contribution in [0.1, 0.15) is 29.9 Å². The number of nitrogens with one attached hydrogen (secondary N) is 1. The van der Waals surface area contributed by atoms with Crippen LogP contribution >= 0.6 is 0 Å². The molecule has 28 heavy (non-hydrogen) atoms. The maximum atomic E-state index is 12.7. The molecule has 1 amide bonds. The first kappa shape index (κ1) is 19.4. The zero-order valence-electron chi connectivity index (χ0n) is 16.4. The standard InChI is InChI=1S/C23H25N3O2/c1-17(2)26(16-18-9-5-4-6-10-18)19-13-14-24-21(15-19)23(27)25-20-11-7-8-12-22(20)28-3/h4-15,17H,16H2,1-3H3,(H,25,27). The van der Waals surface area contributed by atoms with Crippen LogP contribution in [0.4, 0.5) is 11.4 Å². The summed E-state index contributed by atoms with van der Waals surface area (Å²) in [6, 6.07) is 21.6. The topological polar surface area (TPSA) is 54.5 Å². The number of hydrogen-bond donors (Lipinski definition) is 1. The van der Waals surface area contributed by atoms with Gasteiger partial charge in [-0.15, -0.1) is 0 Å². The van der Waals surface area contributed by atoms with Gasteiger partial charge in [0.1, 0.15) is 11.4 Å².